The lowest BCUT2D eigenvalue weighted by molar-refractivity contribution is 0.0980. The first-order valence-corrected chi connectivity index (χ1v) is 14.0. The molecule has 11 heteroatoms. The van der Waals surface area contributed by atoms with Crippen LogP contribution in [0.4, 0.5) is 10.5 Å². The van der Waals surface area contributed by atoms with Gasteiger partial charge in [-0.3, -0.25) is 10.1 Å². The third kappa shape index (κ3) is 6.04. The first kappa shape index (κ1) is 26.2. The zero-order chi connectivity index (χ0) is 27.4. The molecule has 0 saturated heterocycles. The Balaban J connectivity index is 1.32. The van der Waals surface area contributed by atoms with Gasteiger partial charge in [-0.15, -0.1) is 0 Å². The van der Waals surface area contributed by atoms with Gasteiger partial charge in [0.1, 0.15) is 11.9 Å². The minimum absolute atomic E-state index is 0.00502. The third-order valence-electron chi connectivity index (χ3n) is 6.61. The van der Waals surface area contributed by atoms with Crippen LogP contribution in [0.1, 0.15) is 41.6 Å². The maximum atomic E-state index is 12.7. The zero-order valence-corrected chi connectivity index (χ0v) is 22.1. The van der Waals surface area contributed by atoms with Crippen molar-refractivity contribution in [3.8, 4) is 5.75 Å². The molecule has 1 fully saturated rings. The van der Waals surface area contributed by atoms with Crippen molar-refractivity contribution in [3.05, 3.63) is 84.2 Å². The van der Waals surface area contributed by atoms with Gasteiger partial charge in [0.15, 0.2) is 0 Å². The summed E-state index contributed by atoms with van der Waals surface area (Å²) in [5, 5.41) is 2.79. The van der Waals surface area contributed by atoms with Gasteiger partial charge in [0, 0.05) is 16.8 Å². The average molecular weight is 549 g/mol. The van der Waals surface area contributed by atoms with Crippen LogP contribution in [-0.2, 0) is 21.3 Å². The van der Waals surface area contributed by atoms with Gasteiger partial charge in [0.05, 0.1) is 35.9 Å². The largest absolute Gasteiger partial charge is 0.496 e. The molecule has 5 rings (SSSR count). The van der Waals surface area contributed by atoms with E-state index in [1.807, 2.05) is 16.7 Å². The summed E-state index contributed by atoms with van der Waals surface area (Å²) in [6.45, 7) is 0.361. The quantitative estimate of drug-likeness (QED) is 0.326. The number of rotatable bonds is 8. The van der Waals surface area contributed by atoms with Crippen molar-refractivity contribution < 1.29 is 27.5 Å². The molecule has 202 valence electrons. The highest BCUT2D eigenvalue weighted by Crippen LogP contribution is 2.26. The lowest BCUT2D eigenvalue weighted by Crippen LogP contribution is -2.30. The van der Waals surface area contributed by atoms with Crippen LogP contribution in [0.25, 0.3) is 11.0 Å². The fourth-order valence-corrected chi connectivity index (χ4v) is 5.60. The van der Waals surface area contributed by atoms with E-state index in [1.54, 1.807) is 42.7 Å². The molecule has 1 saturated carbocycles. The molecule has 0 spiro atoms. The molecule has 4 aromatic rings. The number of carbonyl (C=O) groups is 2. The van der Waals surface area contributed by atoms with E-state index >= 15 is 0 Å². The second-order valence-corrected chi connectivity index (χ2v) is 11.0. The number of methoxy groups -OCH3 is 1. The number of anilines is 1. The summed E-state index contributed by atoms with van der Waals surface area (Å²) < 4.78 is 40.1. The number of ether oxygens (including phenoxy) is 2. The molecule has 1 aliphatic carbocycles. The van der Waals surface area contributed by atoms with Gasteiger partial charge in [0.2, 0.25) is 0 Å². The second kappa shape index (κ2) is 11.2. The van der Waals surface area contributed by atoms with Crippen LogP contribution in [0.5, 0.6) is 5.75 Å². The van der Waals surface area contributed by atoms with E-state index in [4.69, 9.17) is 9.47 Å². The fraction of sp³-hybridized carbons (Fsp3) is 0.250. The molecule has 2 amide bonds. The van der Waals surface area contributed by atoms with Crippen molar-refractivity contribution in [1.29, 1.82) is 0 Å². The molecule has 0 aliphatic heterocycles. The topological polar surface area (TPSA) is 129 Å². The Morgan fingerprint density at radius 3 is 2.54 bits per heavy atom. The number of aromatic nitrogens is 2. The number of hydrogen-bond donors (Lipinski definition) is 2. The fourth-order valence-electron chi connectivity index (χ4n) is 4.60. The number of amides is 2. The smallest absolute Gasteiger partial charge is 0.411 e. The predicted octanol–water partition coefficient (Wildman–Crippen LogP) is 4.70. The Kier molecular flexibility index (Phi) is 7.51. The molecule has 0 atom stereocenters. The molecule has 3 aromatic carbocycles. The van der Waals surface area contributed by atoms with Crippen LogP contribution in [0.2, 0.25) is 0 Å². The van der Waals surface area contributed by atoms with E-state index in [-0.39, 0.29) is 16.6 Å². The number of nitrogens with one attached hydrogen (secondary N) is 2. The van der Waals surface area contributed by atoms with Crippen LogP contribution < -0.4 is 14.8 Å². The molecule has 2 N–H and O–H groups in total. The van der Waals surface area contributed by atoms with E-state index in [1.165, 1.54) is 25.3 Å². The van der Waals surface area contributed by atoms with Crippen molar-refractivity contribution in [1.82, 2.24) is 14.3 Å². The first-order valence-electron chi connectivity index (χ1n) is 12.5. The number of fused-ring (bicyclic) bond motifs is 1. The Bertz CT molecular complexity index is 1610. The Morgan fingerprint density at radius 1 is 1.03 bits per heavy atom. The van der Waals surface area contributed by atoms with E-state index < -0.39 is 22.0 Å². The summed E-state index contributed by atoms with van der Waals surface area (Å²) >= 11 is 0. The molecule has 0 bridgehead atoms. The lowest BCUT2D eigenvalue weighted by Gasteiger charge is -2.14. The summed E-state index contributed by atoms with van der Waals surface area (Å²) in [4.78, 5) is 29.5. The maximum absolute atomic E-state index is 12.7. The summed E-state index contributed by atoms with van der Waals surface area (Å²) in [5.41, 5.74) is 3.00. The number of nitrogens with zero attached hydrogens (tertiary/aromatic N) is 2. The zero-order valence-electron chi connectivity index (χ0n) is 21.3. The molecular formula is C28H28N4O6S. The number of sulfonamides is 1. The summed E-state index contributed by atoms with van der Waals surface area (Å²) in [7, 11) is -2.54. The normalized spacial score (nSPS) is 13.8. The Morgan fingerprint density at radius 2 is 1.79 bits per heavy atom. The highest BCUT2D eigenvalue weighted by molar-refractivity contribution is 7.90. The molecule has 1 aliphatic rings. The highest BCUT2D eigenvalue weighted by Gasteiger charge is 2.21. The monoisotopic (exact) mass is 548 g/mol. The van der Waals surface area contributed by atoms with Crippen LogP contribution in [0.3, 0.4) is 0 Å². The summed E-state index contributed by atoms with van der Waals surface area (Å²) in [6.07, 6.45) is 5.11. The van der Waals surface area contributed by atoms with Gasteiger partial charge in [-0.2, -0.15) is 0 Å². The van der Waals surface area contributed by atoms with Crippen molar-refractivity contribution >= 4 is 38.7 Å². The third-order valence-corrected chi connectivity index (χ3v) is 7.96. The molecule has 0 unspecified atom stereocenters. The van der Waals surface area contributed by atoms with Crippen molar-refractivity contribution in [3.63, 3.8) is 0 Å². The molecule has 39 heavy (non-hydrogen) atoms. The van der Waals surface area contributed by atoms with Gasteiger partial charge in [-0.05, 0) is 68.1 Å². The van der Waals surface area contributed by atoms with E-state index in [0.29, 0.717) is 18.0 Å². The maximum Gasteiger partial charge on any atom is 0.411 e. The van der Waals surface area contributed by atoms with Crippen molar-refractivity contribution in [2.45, 2.75) is 43.2 Å². The van der Waals surface area contributed by atoms with E-state index in [0.717, 1.165) is 42.3 Å². The number of benzene rings is 3. The van der Waals surface area contributed by atoms with Crippen LogP contribution in [-0.4, -0.2) is 43.2 Å². The Hall–Kier alpha value is -4.38. The van der Waals surface area contributed by atoms with Crippen LogP contribution in [0, 0.1) is 0 Å². The minimum Gasteiger partial charge on any atom is -0.496 e. The SMILES string of the molecule is COc1cc(C(=O)NS(=O)(=O)c2ccccc2)ccc1Cn1cnc2ccc(NC(=O)OC3CCCC3)cc21. The van der Waals surface area contributed by atoms with E-state index in [9.17, 15) is 18.0 Å². The summed E-state index contributed by atoms with van der Waals surface area (Å²) in [5.74, 6) is -0.354. The molecule has 1 aromatic heterocycles. The number of hydrogen-bond acceptors (Lipinski definition) is 7. The molecule has 10 nitrogen and oxygen atoms in total. The molecular weight excluding hydrogens is 520 g/mol. The first-order chi connectivity index (χ1) is 18.8. The number of carbonyl (C=O) groups excluding carboxylic acids is 2. The lowest BCUT2D eigenvalue weighted by atomic mass is 10.1. The van der Waals surface area contributed by atoms with Gasteiger partial charge in [0.25, 0.3) is 15.9 Å². The van der Waals surface area contributed by atoms with Crippen LogP contribution >= 0.6 is 0 Å². The minimum atomic E-state index is -4.01. The predicted molar refractivity (Wildman–Crippen MR) is 145 cm³/mol. The summed E-state index contributed by atoms with van der Waals surface area (Å²) in [6, 6.07) is 17.8. The van der Waals surface area contributed by atoms with Crippen molar-refractivity contribution in [2.75, 3.05) is 12.4 Å². The van der Waals surface area contributed by atoms with Gasteiger partial charge in [-0.25, -0.2) is 22.9 Å². The van der Waals surface area contributed by atoms with Gasteiger partial charge in [-0.1, -0.05) is 24.3 Å². The van der Waals surface area contributed by atoms with E-state index in [2.05, 4.69) is 15.0 Å². The van der Waals surface area contributed by atoms with Gasteiger partial charge >= 0.3 is 6.09 Å². The van der Waals surface area contributed by atoms with Crippen LogP contribution in [0.15, 0.2) is 78.0 Å². The average Bonchev–Trinajstić information content (AvgIpc) is 3.59. The Labute approximate surface area is 226 Å². The highest BCUT2D eigenvalue weighted by atomic mass is 32.2. The molecule has 1 heterocycles. The van der Waals surface area contributed by atoms with Crippen molar-refractivity contribution in [2.24, 2.45) is 0 Å². The number of imidazole rings is 1. The van der Waals surface area contributed by atoms with Gasteiger partial charge < -0.3 is 14.0 Å². The molecule has 0 radical (unpaired) electrons. The standard InChI is InChI=1S/C28H28N4O6S/c1-37-26-15-19(27(33)31-39(35,36)23-9-3-2-4-10-23)11-12-20(26)17-32-18-29-24-14-13-21(16-25(24)32)30-28(34)38-22-7-5-6-8-22/h2-4,9-16,18,22H,5-8,17H2,1H3,(H,30,34)(H,31,33). The second-order valence-electron chi connectivity index (χ2n) is 9.29.